The molecule has 0 aliphatic rings. The molecule has 0 spiro atoms. The van der Waals surface area contributed by atoms with Gasteiger partial charge >= 0.3 is 30.2 Å². The molecule has 0 atom stereocenters. The molecular weight excluding hydrogens is 711 g/mol. The Kier molecular flexibility index (Phi) is 16.6. The maximum absolute atomic E-state index is 5.81. The van der Waals surface area contributed by atoms with Gasteiger partial charge in [0, 0.05) is 0 Å². The van der Waals surface area contributed by atoms with Crippen molar-refractivity contribution in [2.75, 3.05) is 0 Å². The van der Waals surface area contributed by atoms with Crippen LogP contribution in [0.5, 0.6) is 0 Å². The van der Waals surface area contributed by atoms with Crippen LogP contribution in [0, 0.1) is 56.4 Å². The molecule has 6 aromatic carbocycles. The molecule has 0 bridgehead atoms. The zero-order valence-corrected chi connectivity index (χ0v) is 33.7. The van der Waals surface area contributed by atoms with Crippen molar-refractivity contribution in [3.63, 3.8) is 0 Å². The van der Waals surface area contributed by atoms with E-state index in [0.717, 1.165) is 17.1 Å². The molecule has 0 unspecified atom stereocenters. The normalized spacial score (nSPS) is 9.81. The molecule has 0 amide bonds. The first-order valence-electron chi connectivity index (χ1n) is 14.6. The number of hydrogen-bond donors (Lipinski definition) is 0. The zero-order valence-electron chi connectivity index (χ0n) is 28.6. The van der Waals surface area contributed by atoms with Crippen LogP contribution in [-0.2, 0) is 23.3 Å². The van der Waals surface area contributed by atoms with Crippen LogP contribution in [0.2, 0.25) is 0 Å². The minimum atomic E-state index is 0. The first kappa shape index (κ1) is 42.1. The van der Waals surface area contributed by atoms with Gasteiger partial charge in [0.15, 0.2) is 0 Å². The molecule has 0 aliphatic carbocycles. The van der Waals surface area contributed by atoms with Crippen molar-refractivity contribution >= 4 is 53.2 Å². The Morgan fingerprint density at radius 1 is 0.553 bits per heavy atom. The number of halogens is 2. The Balaban J connectivity index is 0.000000422. The van der Waals surface area contributed by atoms with E-state index in [4.69, 9.17) is 4.42 Å². The average Bonchev–Trinajstić information content (AvgIpc) is 3.74. The summed E-state index contributed by atoms with van der Waals surface area (Å²) in [5, 5.41) is 5.30. The average molecular weight is 755 g/mol. The van der Waals surface area contributed by atoms with Crippen molar-refractivity contribution < 1.29 is 27.8 Å². The van der Waals surface area contributed by atoms with E-state index in [9.17, 15) is 0 Å². The molecule has 0 saturated carbocycles. The Morgan fingerprint density at radius 2 is 1.00 bits per heavy atom. The molecule has 0 aliphatic heterocycles. The van der Waals surface area contributed by atoms with Crippen molar-refractivity contribution in [3.05, 3.63) is 158 Å². The first-order chi connectivity index (χ1) is 20.8. The van der Waals surface area contributed by atoms with Gasteiger partial charge in [-0.15, -0.1) is 82.3 Å². The molecule has 244 valence electrons. The molecule has 7 rings (SSSR count). The third-order valence-corrected chi connectivity index (χ3v) is 8.35. The van der Waals surface area contributed by atoms with Gasteiger partial charge in [0.1, 0.15) is 0 Å². The summed E-state index contributed by atoms with van der Waals surface area (Å²) in [5.74, 6) is 1.88. The van der Waals surface area contributed by atoms with E-state index in [-0.39, 0.29) is 39.7 Å². The molecule has 1 aromatic heterocycles. The molecule has 0 fully saturated rings. The summed E-state index contributed by atoms with van der Waals surface area (Å²) >= 11 is 1.36. The predicted octanol–water partition coefficient (Wildman–Crippen LogP) is 12.9. The van der Waals surface area contributed by atoms with Crippen LogP contribution >= 0.6 is 24.8 Å². The summed E-state index contributed by atoms with van der Waals surface area (Å²) < 4.78 is 5.81. The van der Waals surface area contributed by atoms with Crippen LogP contribution in [0.1, 0.15) is 33.6 Å². The summed E-state index contributed by atoms with van der Waals surface area (Å²) in [4.78, 5) is 0. The van der Waals surface area contributed by atoms with Crippen molar-refractivity contribution in [3.8, 4) is 33.6 Å². The number of fused-ring (bicyclic) bond motifs is 2. The molecule has 0 N–H and O–H groups in total. The Labute approximate surface area is 311 Å². The van der Waals surface area contributed by atoms with Crippen LogP contribution < -0.4 is 0 Å². The molecule has 47 heavy (non-hydrogen) atoms. The summed E-state index contributed by atoms with van der Waals surface area (Å²) in [6, 6.07) is 39.0. The van der Waals surface area contributed by atoms with Gasteiger partial charge in [0.25, 0.3) is 0 Å². The number of furan rings is 1. The molecule has 7 aromatic rings. The third-order valence-electron chi connectivity index (χ3n) is 8.35. The van der Waals surface area contributed by atoms with E-state index in [1.165, 1.54) is 95.0 Å². The fraction of sp³-hybridized carbons (Fsp3) is 0.143. The van der Waals surface area contributed by atoms with E-state index in [1.54, 1.807) is 0 Å². The van der Waals surface area contributed by atoms with Gasteiger partial charge in [0.05, 0.1) is 11.5 Å². The van der Waals surface area contributed by atoms with Crippen molar-refractivity contribution in [2.24, 2.45) is 0 Å². The van der Waals surface area contributed by atoms with E-state index >= 15 is 0 Å². The Morgan fingerprint density at radius 3 is 1.45 bits per heavy atom. The van der Waals surface area contributed by atoms with E-state index < -0.39 is 0 Å². The van der Waals surface area contributed by atoms with Gasteiger partial charge in [-0.3, -0.25) is 0 Å². The van der Waals surface area contributed by atoms with Gasteiger partial charge in [-0.1, -0.05) is 101 Å². The SMILES string of the molecule is Cc1cc2c(-c3ccccc3)c(C)c(C)cc2[cH-]1.Cc1ccc(-c2cc3c(-c4ccccc4)c(C)c(C)cc3[cH-]2)o1.Cl.Cl.[CH3-].[CH3-].[Si]=[Zr]. The maximum atomic E-state index is 5.81. The molecule has 1 nitrogen and oxygen atoms in total. The van der Waals surface area contributed by atoms with Crippen LogP contribution in [0.3, 0.4) is 0 Å². The quantitative estimate of drug-likeness (QED) is 0.129. The van der Waals surface area contributed by atoms with Crippen LogP contribution in [0.15, 0.2) is 114 Å². The Bertz CT molecular complexity index is 2020. The summed E-state index contributed by atoms with van der Waals surface area (Å²) in [5.41, 5.74) is 13.2. The molecule has 5 heteroatoms. The fourth-order valence-electron chi connectivity index (χ4n) is 6.04. The second-order valence-electron chi connectivity index (χ2n) is 11.3. The second kappa shape index (κ2) is 18.6. The van der Waals surface area contributed by atoms with Crippen molar-refractivity contribution in [2.45, 2.75) is 41.5 Å². The summed E-state index contributed by atoms with van der Waals surface area (Å²) in [6.45, 7) is 16.0. The number of aryl methyl sites for hydroxylation is 4. The van der Waals surface area contributed by atoms with Crippen molar-refractivity contribution in [1.82, 2.24) is 0 Å². The van der Waals surface area contributed by atoms with Gasteiger partial charge in [-0.25, -0.2) is 0 Å². The van der Waals surface area contributed by atoms with Gasteiger partial charge in [0.2, 0.25) is 0 Å². The monoisotopic (exact) mass is 752 g/mol. The van der Waals surface area contributed by atoms with Gasteiger partial charge < -0.3 is 19.3 Å². The topological polar surface area (TPSA) is 13.1 Å². The molecule has 2 radical (unpaired) electrons. The number of hydrogen-bond acceptors (Lipinski definition) is 1. The zero-order chi connectivity index (χ0) is 30.7. The number of benzene rings is 4. The second-order valence-corrected chi connectivity index (χ2v) is 11.3. The van der Waals surface area contributed by atoms with Crippen LogP contribution in [0.4, 0.5) is 0 Å². The Hall–Kier alpha value is -2.94. The van der Waals surface area contributed by atoms with Crippen molar-refractivity contribution in [1.29, 1.82) is 0 Å². The van der Waals surface area contributed by atoms with Gasteiger partial charge in [-0.05, 0) is 63.4 Å². The van der Waals surface area contributed by atoms with E-state index in [2.05, 4.69) is 139 Å². The summed E-state index contributed by atoms with van der Waals surface area (Å²) in [7, 11) is 0. The fourth-order valence-corrected chi connectivity index (χ4v) is 6.04. The number of rotatable bonds is 3. The minimum absolute atomic E-state index is 0. The summed E-state index contributed by atoms with van der Waals surface area (Å²) in [6.07, 6.45) is 0. The molecule has 1 heterocycles. The first-order valence-corrected chi connectivity index (χ1v) is 18.8. The van der Waals surface area contributed by atoms with E-state index in [0.29, 0.717) is 0 Å². The molecule has 0 saturated heterocycles. The van der Waals surface area contributed by atoms with Crippen LogP contribution in [-0.4, -0.2) is 6.88 Å². The van der Waals surface area contributed by atoms with Gasteiger partial charge in [-0.2, -0.15) is 6.07 Å². The standard InChI is InChI=1S/C22H19O.C18H17.2CH3.2ClH.Si.Zr/c1-14-11-18-12-19(21-10-9-15(2)23-21)13-20(18)22(16(14)3)17-7-5-4-6-8-17;1-12-9-16-11-13(2)14(3)18(17(16)10-12)15-7-5-4-6-8-15;;;;;;/h4-13H,1-3H3;4-11H,1-3H3;2*1H3;2*1H;;/q4*-1;;;;. The molecular formula is C42H44Cl2OSiZr-4. The third kappa shape index (κ3) is 8.95. The van der Waals surface area contributed by atoms with E-state index in [1.807, 2.05) is 19.1 Å². The predicted molar refractivity (Wildman–Crippen MR) is 209 cm³/mol. The van der Waals surface area contributed by atoms with Crippen LogP contribution in [0.25, 0.3) is 55.1 Å².